The van der Waals surface area contributed by atoms with Crippen molar-refractivity contribution in [3.8, 4) is 16.9 Å². The van der Waals surface area contributed by atoms with E-state index < -0.39 is 17.5 Å². The summed E-state index contributed by atoms with van der Waals surface area (Å²) in [6, 6.07) is 14.6. The maximum atomic E-state index is 13.2. The zero-order chi connectivity index (χ0) is 26.7. The third-order valence-electron chi connectivity index (χ3n) is 5.87. The maximum absolute atomic E-state index is 13.2. The maximum Gasteiger partial charge on any atom is 0.349 e. The normalized spacial score (nSPS) is 11.1. The van der Waals surface area contributed by atoms with Crippen molar-refractivity contribution in [2.45, 2.75) is 34.1 Å². The Hall–Kier alpha value is -3.91. The Kier molecular flexibility index (Phi) is 7.78. The topological polar surface area (TPSA) is 94.8 Å². The fourth-order valence-corrected chi connectivity index (χ4v) is 5.32. The number of esters is 1. The predicted molar refractivity (Wildman–Crippen MR) is 146 cm³/mol. The number of fused-ring (bicyclic) bond motifs is 1. The lowest BCUT2D eigenvalue weighted by molar-refractivity contribution is 0.0529. The zero-order valence-electron chi connectivity index (χ0n) is 21.5. The number of rotatable bonds is 8. The molecule has 0 aliphatic carbocycles. The van der Waals surface area contributed by atoms with Crippen molar-refractivity contribution in [2.24, 2.45) is 5.92 Å². The Bertz CT molecular complexity index is 1510. The standard InChI is InChI=1S/C29H29NO6S/c1-6-35-29(33)24-23(19-12-10-18(11-13-19)14-16(2)3)17(4)37-27(24)30-26(31)21-15-20-8-7-9-22(34-5)25(20)36-28(21)32/h7-13,15-16H,6,14H2,1-5H3,(H,30,31). The van der Waals surface area contributed by atoms with E-state index in [9.17, 15) is 14.4 Å². The molecule has 1 amide bonds. The van der Waals surface area contributed by atoms with Crippen LogP contribution in [0.2, 0.25) is 0 Å². The van der Waals surface area contributed by atoms with Gasteiger partial charge in [-0.25, -0.2) is 9.59 Å². The van der Waals surface area contributed by atoms with Gasteiger partial charge in [-0.2, -0.15) is 0 Å². The van der Waals surface area contributed by atoms with E-state index in [-0.39, 0.29) is 23.3 Å². The van der Waals surface area contributed by atoms with Crippen molar-refractivity contribution >= 4 is 39.2 Å². The molecule has 2 heterocycles. The number of hydrogen-bond donors (Lipinski definition) is 1. The first-order valence-electron chi connectivity index (χ1n) is 12.1. The Labute approximate surface area is 219 Å². The molecule has 37 heavy (non-hydrogen) atoms. The van der Waals surface area contributed by atoms with Gasteiger partial charge < -0.3 is 19.2 Å². The number of benzene rings is 2. The molecule has 2 aromatic heterocycles. The Morgan fingerprint density at radius 3 is 2.49 bits per heavy atom. The summed E-state index contributed by atoms with van der Waals surface area (Å²) in [5.74, 6) is -0.300. The molecule has 0 spiro atoms. The lowest BCUT2D eigenvalue weighted by atomic mass is 9.97. The van der Waals surface area contributed by atoms with Gasteiger partial charge in [0.25, 0.3) is 5.91 Å². The molecule has 0 unspecified atom stereocenters. The molecule has 0 saturated heterocycles. The number of carbonyl (C=O) groups excluding carboxylic acids is 2. The van der Waals surface area contributed by atoms with Crippen molar-refractivity contribution in [1.82, 2.24) is 0 Å². The average Bonchev–Trinajstić information content (AvgIpc) is 3.18. The summed E-state index contributed by atoms with van der Waals surface area (Å²) in [7, 11) is 1.47. The molecule has 4 aromatic rings. The van der Waals surface area contributed by atoms with Crippen LogP contribution in [0.4, 0.5) is 5.00 Å². The van der Waals surface area contributed by atoms with Gasteiger partial charge in [0.1, 0.15) is 16.1 Å². The lowest BCUT2D eigenvalue weighted by Crippen LogP contribution is -2.21. The van der Waals surface area contributed by atoms with Crippen molar-refractivity contribution in [3.63, 3.8) is 0 Å². The first-order valence-corrected chi connectivity index (χ1v) is 12.9. The second kappa shape index (κ2) is 11.0. The summed E-state index contributed by atoms with van der Waals surface area (Å²) in [6.07, 6.45) is 0.954. The highest BCUT2D eigenvalue weighted by molar-refractivity contribution is 7.17. The van der Waals surface area contributed by atoms with Crippen LogP contribution in [0, 0.1) is 12.8 Å². The van der Waals surface area contributed by atoms with Crippen LogP contribution in [0.3, 0.4) is 0 Å². The van der Waals surface area contributed by atoms with E-state index in [1.54, 1.807) is 25.1 Å². The largest absolute Gasteiger partial charge is 0.493 e. The van der Waals surface area contributed by atoms with Crippen molar-refractivity contribution in [3.05, 3.63) is 80.5 Å². The highest BCUT2D eigenvalue weighted by atomic mass is 32.1. The number of methoxy groups -OCH3 is 1. The van der Waals surface area contributed by atoms with Crippen LogP contribution in [-0.4, -0.2) is 25.6 Å². The van der Waals surface area contributed by atoms with Gasteiger partial charge in [-0.05, 0) is 49.4 Å². The summed E-state index contributed by atoms with van der Waals surface area (Å²) in [4.78, 5) is 39.8. The summed E-state index contributed by atoms with van der Waals surface area (Å²) < 4.78 is 16.0. The average molecular weight is 520 g/mol. The van der Waals surface area contributed by atoms with Crippen LogP contribution in [-0.2, 0) is 11.2 Å². The van der Waals surface area contributed by atoms with Crippen LogP contribution in [0.1, 0.15) is 51.9 Å². The van der Waals surface area contributed by atoms with Gasteiger partial charge in [-0.1, -0.05) is 50.2 Å². The number of carbonyl (C=O) groups is 2. The van der Waals surface area contributed by atoms with E-state index in [1.807, 2.05) is 31.2 Å². The van der Waals surface area contributed by atoms with Gasteiger partial charge in [0.05, 0.1) is 13.7 Å². The molecule has 7 nitrogen and oxygen atoms in total. The number of amides is 1. The molecule has 2 aromatic carbocycles. The van der Waals surface area contributed by atoms with Crippen molar-refractivity contribution in [2.75, 3.05) is 19.0 Å². The van der Waals surface area contributed by atoms with Crippen LogP contribution in [0.5, 0.6) is 5.75 Å². The molecule has 0 aliphatic rings. The fourth-order valence-electron chi connectivity index (χ4n) is 4.26. The third-order valence-corrected chi connectivity index (χ3v) is 6.89. The quantitative estimate of drug-likeness (QED) is 0.212. The minimum absolute atomic E-state index is 0.179. The monoisotopic (exact) mass is 519 g/mol. The van der Waals surface area contributed by atoms with E-state index in [2.05, 4.69) is 19.2 Å². The number of aryl methyl sites for hydroxylation is 1. The predicted octanol–water partition coefficient (Wildman–Crippen LogP) is 6.47. The molecule has 0 radical (unpaired) electrons. The van der Waals surface area contributed by atoms with Crippen LogP contribution < -0.4 is 15.7 Å². The molecule has 8 heteroatoms. The molecule has 0 saturated carbocycles. The molecular formula is C29H29NO6S. The van der Waals surface area contributed by atoms with Gasteiger partial charge >= 0.3 is 11.6 Å². The molecular weight excluding hydrogens is 490 g/mol. The Balaban J connectivity index is 1.74. The van der Waals surface area contributed by atoms with Crippen molar-refractivity contribution < 1.29 is 23.5 Å². The number of hydrogen-bond acceptors (Lipinski definition) is 7. The summed E-state index contributed by atoms with van der Waals surface area (Å²) in [5, 5.41) is 3.61. The van der Waals surface area contributed by atoms with Gasteiger partial charge in [0, 0.05) is 15.8 Å². The number of para-hydroxylation sites is 1. The minimum atomic E-state index is -0.804. The molecule has 0 bridgehead atoms. The third kappa shape index (κ3) is 5.44. The highest BCUT2D eigenvalue weighted by Gasteiger charge is 2.27. The van der Waals surface area contributed by atoms with Crippen LogP contribution in [0.25, 0.3) is 22.1 Å². The van der Waals surface area contributed by atoms with E-state index in [0.29, 0.717) is 27.6 Å². The van der Waals surface area contributed by atoms with E-state index >= 15 is 0 Å². The van der Waals surface area contributed by atoms with E-state index in [0.717, 1.165) is 16.9 Å². The molecule has 1 N–H and O–H groups in total. The molecule has 192 valence electrons. The van der Waals surface area contributed by atoms with Crippen molar-refractivity contribution in [1.29, 1.82) is 0 Å². The smallest absolute Gasteiger partial charge is 0.349 e. The summed E-state index contributed by atoms with van der Waals surface area (Å²) >= 11 is 1.26. The fraction of sp³-hybridized carbons (Fsp3) is 0.276. The number of nitrogens with one attached hydrogen (secondary N) is 1. The summed E-state index contributed by atoms with van der Waals surface area (Å²) in [6.45, 7) is 8.13. The Morgan fingerprint density at radius 2 is 1.84 bits per heavy atom. The van der Waals surface area contributed by atoms with E-state index in [1.165, 1.54) is 30.1 Å². The molecule has 0 fully saturated rings. The first kappa shape index (κ1) is 26.2. The zero-order valence-corrected chi connectivity index (χ0v) is 22.3. The van der Waals surface area contributed by atoms with Crippen LogP contribution >= 0.6 is 11.3 Å². The van der Waals surface area contributed by atoms with Gasteiger partial charge in [0.2, 0.25) is 0 Å². The van der Waals surface area contributed by atoms with Crippen LogP contribution in [0.15, 0.2) is 57.7 Å². The number of thiophene rings is 1. The van der Waals surface area contributed by atoms with E-state index in [4.69, 9.17) is 13.9 Å². The highest BCUT2D eigenvalue weighted by Crippen LogP contribution is 2.41. The molecule has 0 aliphatic heterocycles. The SMILES string of the molecule is CCOC(=O)c1c(NC(=O)c2cc3cccc(OC)c3oc2=O)sc(C)c1-c1ccc(CC(C)C)cc1. The number of ether oxygens (including phenoxy) is 2. The van der Waals surface area contributed by atoms with Gasteiger partial charge in [0.15, 0.2) is 11.3 Å². The number of anilines is 1. The molecule has 0 atom stereocenters. The Morgan fingerprint density at radius 1 is 1.11 bits per heavy atom. The van der Waals surface area contributed by atoms with Gasteiger partial charge in [-0.15, -0.1) is 11.3 Å². The second-order valence-corrected chi connectivity index (χ2v) is 10.3. The van der Waals surface area contributed by atoms with Gasteiger partial charge in [-0.3, -0.25) is 4.79 Å². The summed E-state index contributed by atoms with van der Waals surface area (Å²) in [5.41, 5.74) is 2.29. The second-order valence-electron chi connectivity index (χ2n) is 9.03. The molecule has 4 rings (SSSR count). The minimum Gasteiger partial charge on any atom is -0.493 e. The lowest BCUT2D eigenvalue weighted by Gasteiger charge is -2.10. The first-order chi connectivity index (χ1) is 17.7.